The zero-order valence-corrected chi connectivity index (χ0v) is 17.9. The number of nitrogens with one attached hydrogen (secondary N) is 1. The van der Waals surface area contributed by atoms with Crippen molar-refractivity contribution >= 4 is 22.7 Å². The molecule has 2 aromatic heterocycles. The van der Waals surface area contributed by atoms with Gasteiger partial charge in [-0.2, -0.15) is 0 Å². The second kappa shape index (κ2) is 8.62. The van der Waals surface area contributed by atoms with Gasteiger partial charge in [0.1, 0.15) is 24.6 Å². The average molecular weight is 441 g/mol. The minimum atomic E-state index is -1.20. The monoisotopic (exact) mass is 440 g/mol. The summed E-state index contributed by atoms with van der Waals surface area (Å²) in [6.07, 6.45) is 1.04. The summed E-state index contributed by atoms with van der Waals surface area (Å²) in [7, 11) is 0. The molecule has 0 bridgehead atoms. The SMILES string of the molecule is CC1CCc2ccccc2N1CCNc1ncnc2c1ncn2[C@@H]1O[C@H](CO)[C@@H](O)[C@H]1O. The second-order valence-corrected chi connectivity index (χ2v) is 8.41. The normalized spacial score (nSPS) is 27.6. The predicted octanol–water partition coefficient (Wildman–Crippen LogP) is 0.691. The molecule has 10 heteroatoms. The summed E-state index contributed by atoms with van der Waals surface area (Å²) in [6.45, 7) is 3.35. The Labute approximate surface area is 185 Å². The zero-order chi connectivity index (χ0) is 22.2. The van der Waals surface area contributed by atoms with Crippen LogP contribution in [0.3, 0.4) is 0 Å². The van der Waals surface area contributed by atoms with E-state index in [-0.39, 0.29) is 6.61 Å². The molecule has 0 radical (unpaired) electrons. The van der Waals surface area contributed by atoms with Crippen molar-refractivity contribution in [1.82, 2.24) is 19.5 Å². The first-order chi connectivity index (χ1) is 15.6. The van der Waals surface area contributed by atoms with Crippen LogP contribution in [0.5, 0.6) is 0 Å². The van der Waals surface area contributed by atoms with Crippen LogP contribution in [-0.4, -0.2) is 78.9 Å². The summed E-state index contributed by atoms with van der Waals surface area (Å²) in [6, 6.07) is 9.00. The van der Waals surface area contributed by atoms with E-state index in [1.54, 1.807) is 4.57 Å². The lowest BCUT2D eigenvalue weighted by Crippen LogP contribution is -2.40. The van der Waals surface area contributed by atoms with E-state index < -0.39 is 24.5 Å². The van der Waals surface area contributed by atoms with Crippen molar-refractivity contribution in [2.45, 2.75) is 50.3 Å². The molecule has 10 nitrogen and oxygen atoms in total. The lowest BCUT2D eigenvalue weighted by molar-refractivity contribution is -0.0511. The van der Waals surface area contributed by atoms with Crippen molar-refractivity contribution in [1.29, 1.82) is 0 Å². The number of fused-ring (bicyclic) bond motifs is 2. The van der Waals surface area contributed by atoms with Crippen LogP contribution in [0.15, 0.2) is 36.9 Å². The lowest BCUT2D eigenvalue weighted by Gasteiger charge is -2.37. The van der Waals surface area contributed by atoms with Crippen molar-refractivity contribution in [2.75, 3.05) is 29.9 Å². The fraction of sp³-hybridized carbons (Fsp3) is 0.500. The van der Waals surface area contributed by atoms with Gasteiger partial charge in [0.15, 0.2) is 23.2 Å². The third-order valence-corrected chi connectivity index (χ3v) is 6.46. The summed E-state index contributed by atoms with van der Waals surface area (Å²) < 4.78 is 7.18. The number of aliphatic hydroxyl groups excluding tert-OH is 3. The Morgan fingerprint density at radius 3 is 2.81 bits per heavy atom. The molecule has 4 N–H and O–H groups in total. The highest BCUT2D eigenvalue weighted by Gasteiger charge is 2.44. The first kappa shape index (κ1) is 21.1. The van der Waals surface area contributed by atoms with Gasteiger partial charge < -0.3 is 30.3 Å². The van der Waals surface area contributed by atoms with Gasteiger partial charge in [0.25, 0.3) is 0 Å². The molecule has 1 saturated heterocycles. The number of aryl methyl sites for hydroxylation is 1. The Bertz CT molecular complexity index is 1090. The topological polar surface area (TPSA) is 129 Å². The number of aliphatic hydroxyl groups is 3. The van der Waals surface area contributed by atoms with Gasteiger partial charge in [-0.1, -0.05) is 18.2 Å². The van der Waals surface area contributed by atoms with Crippen LogP contribution in [0.25, 0.3) is 11.2 Å². The number of para-hydroxylation sites is 1. The largest absolute Gasteiger partial charge is 0.394 e. The van der Waals surface area contributed by atoms with E-state index in [0.29, 0.717) is 29.6 Å². The summed E-state index contributed by atoms with van der Waals surface area (Å²) in [5, 5.41) is 33.1. The Kier molecular flexibility index (Phi) is 5.68. The summed E-state index contributed by atoms with van der Waals surface area (Å²) in [5.41, 5.74) is 3.70. The van der Waals surface area contributed by atoms with Gasteiger partial charge in [-0.25, -0.2) is 15.0 Å². The fourth-order valence-electron chi connectivity index (χ4n) is 4.67. The molecule has 1 fully saturated rings. The van der Waals surface area contributed by atoms with Crippen molar-refractivity contribution < 1.29 is 20.1 Å². The number of aromatic nitrogens is 4. The van der Waals surface area contributed by atoms with E-state index >= 15 is 0 Å². The number of ether oxygens (including phenoxy) is 1. The quantitative estimate of drug-likeness (QED) is 0.438. The maximum Gasteiger partial charge on any atom is 0.167 e. The van der Waals surface area contributed by atoms with E-state index in [9.17, 15) is 15.3 Å². The third kappa shape index (κ3) is 3.58. The Morgan fingerprint density at radius 1 is 1.16 bits per heavy atom. The highest BCUT2D eigenvalue weighted by molar-refractivity contribution is 5.82. The number of nitrogens with zero attached hydrogens (tertiary/aromatic N) is 5. The van der Waals surface area contributed by atoms with E-state index in [1.807, 2.05) is 0 Å². The van der Waals surface area contributed by atoms with E-state index in [0.717, 1.165) is 19.4 Å². The number of imidazole rings is 1. The van der Waals surface area contributed by atoms with Gasteiger partial charge in [-0.15, -0.1) is 0 Å². The number of hydrogen-bond donors (Lipinski definition) is 4. The number of hydrogen-bond acceptors (Lipinski definition) is 9. The minimum absolute atomic E-state index is 0.388. The van der Waals surface area contributed by atoms with Crippen molar-refractivity contribution in [3.05, 3.63) is 42.5 Å². The predicted molar refractivity (Wildman–Crippen MR) is 118 cm³/mol. The highest BCUT2D eigenvalue weighted by atomic mass is 16.6. The van der Waals surface area contributed by atoms with Gasteiger partial charge in [0.2, 0.25) is 0 Å². The zero-order valence-electron chi connectivity index (χ0n) is 17.9. The minimum Gasteiger partial charge on any atom is -0.394 e. The molecule has 2 aliphatic rings. The number of rotatable bonds is 6. The van der Waals surface area contributed by atoms with Crippen molar-refractivity contribution in [2.24, 2.45) is 0 Å². The molecule has 4 heterocycles. The molecule has 170 valence electrons. The molecular weight excluding hydrogens is 412 g/mol. The van der Waals surface area contributed by atoms with Crippen molar-refractivity contribution in [3.63, 3.8) is 0 Å². The maximum absolute atomic E-state index is 10.4. The first-order valence-electron chi connectivity index (χ1n) is 11.0. The van der Waals surface area contributed by atoms with Crippen LogP contribution in [0.4, 0.5) is 11.5 Å². The molecule has 2 aliphatic heterocycles. The fourth-order valence-corrected chi connectivity index (χ4v) is 4.67. The first-order valence-corrected chi connectivity index (χ1v) is 11.0. The van der Waals surface area contributed by atoms with Crippen LogP contribution >= 0.6 is 0 Å². The number of anilines is 2. The Balaban J connectivity index is 1.32. The molecule has 0 aliphatic carbocycles. The van der Waals surface area contributed by atoms with Gasteiger partial charge >= 0.3 is 0 Å². The van der Waals surface area contributed by atoms with Gasteiger partial charge in [0, 0.05) is 24.8 Å². The standard InChI is InChI=1S/C22H28N6O4/c1-13-6-7-14-4-2-3-5-15(14)27(13)9-8-23-20-17-21(25-11-24-20)28(12-26-17)22-19(31)18(30)16(10-29)32-22/h2-5,11-13,16,18-19,22,29-31H,6-10H2,1H3,(H,23,24,25)/t13?,16-,18-,19-,22-/m1/s1. The van der Waals surface area contributed by atoms with E-state index in [4.69, 9.17) is 4.74 Å². The van der Waals surface area contributed by atoms with E-state index in [1.165, 1.54) is 23.9 Å². The Hall–Kier alpha value is -2.79. The van der Waals surface area contributed by atoms with Gasteiger partial charge in [-0.3, -0.25) is 4.57 Å². The molecular formula is C22H28N6O4. The molecule has 1 aromatic carbocycles. The average Bonchev–Trinajstić information content (AvgIpc) is 3.36. The number of benzene rings is 1. The molecule has 0 spiro atoms. The van der Waals surface area contributed by atoms with Crippen LogP contribution in [0, 0.1) is 0 Å². The summed E-state index contributed by atoms with van der Waals surface area (Å²) >= 11 is 0. The molecule has 3 aromatic rings. The smallest absolute Gasteiger partial charge is 0.167 e. The molecule has 5 atom stereocenters. The van der Waals surface area contributed by atoms with Gasteiger partial charge in [-0.05, 0) is 31.4 Å². The second-order valence-electron chi connectivity index (χ2n) is 8.41. The summed E-state index contributed by atoms with van der Waals surface area (Å²) in [4.78, 5) is 15.5. The lowest BCUT2D eigenvalue weighted by atomic mass is 9.97. The third-order valence-electron chi connectivity index (χ3n) is 6.46. The molecule has 32 heavy (non-hydrogen) atoms. The van der Waals surface area contributed by atoms with Crippen LogP contribution < -0.4 is 10.2 Å². The van der Waals surface area contributed by atoms with Crippen LogP contribution in [0.2, 0.25) is 0 Å². The van der Waals surface area contributed by atoms with Gasteiger partial charge in [0.05, 0.1) is 12.9 Å². The highest BCUT2D eigenvalue weighted by Crippen LogP contribution is 2.32. The van der Waals surface area contributed by atoms with Crippen LogP contribution in [-0.2, 0) is 11.2 Å². The summed E-state index contributed by atoms with van der Waals surface area (Å²) in [5.74, 6) is 0.596. The van der Waals surface area contributed by atoms with E-state index in [2.05, 4.69) is 56.4 Å². The Morgan fingerprint density at radius 2 is 2.00 bits per heavy atom. The molecule has 0 saturated carbocycles. The van der Waals surface area contributed by atoms with Crippen molar-refractivity contribution in [3.8, 4) is 0 Å². The van der Waals surface area contributed by atoms with Crippen LogP contribution in [0.1, 0.15) is 25.1 Å². The maximum atomic E-state index is 10.4. The molecule has 1 unspecified atom stereocenters. The molecule has 5 rings (SSSR count). The molecule has 0 amide bonds.